The van der Waals surface area contributed by atoms with Gasteiger partial charge in [0, 0.05) is 12.1 Å². The van der Waals surface area contributed by atoms with Gasteiger partial charge in [-0.25, -0.2) is 8.78 Å². The van der Waals surface area contributed by atoms with Crippen LogP contribution in [0.15, 0.2) is 48.7 Å². The van der Waals surface area contributed by atoms with Crippen molar-refractivity contribution < 1.29 is 26.7 Å². The van der Waals surface area contributed by atoms with E-state index in [1.54, 1.807) is 23.3 Å². The average Bonchev–Trinajstić information content (AvgIpc) is 3.12. The molecule has 3 rings (SSSR count). The van der Waals surface area contributed by atoms with Crippen molar-refractivity contribution in [3.8, 4) is 11.1 Å². The summed E-state index contributed by atoms with van der Waals surface area (Å²) in [4.78, 5) is 12.1. The monoisotopic (exact) mass is 381 g/mol. The molecule has 0 aliphatic heterocycles. The molecule has 0 unspecified atom stereocenters. The van der Waals surface area contributed by atoms with Gasteiger partial charge in [-0.05, 0) is 29.3 Å². The maximum absolute atomic E-state index is 14.1. The van der Waals surface area contributed by atoms with Gasteiger partial charge in [-0.15, -0.1) is 0 Å². The largest absolute Gasteiger partial charge is 0.433 e. The number of nitrogens with one attached hydrogen (secondary N) is 2. The lowest BCUT2D eigenvalue weighted by atomic mass is 9.99. The van der Waals surface area contributed by atoms with Gasteiger partial charge in [0.1, 0.15) is 11.6 Å². The van der Waals surface area contributed by atoms with Crippen LogP contribution in [0.2, 0.25) is 0 Å². The number of benzene rings is 2. The molecule has 0 atom stereocenters. The molecular formula is C18H12F5N3O. The molecule has 0 aliphatic rings. The molecular weight excluding hydrogens is 369 g/mol. The Morgan fingerprint density at radius 3 is 2.56 bits per heavy atom. The lowest BCUT2D eigenvalue weighted by Gasteiger charge is -2.12. The predicted molar refractivity (Wildman–Crippen MR) is 86.6 cm³/mol. The molecule has 0 fully saturated rings. The van der Waals surface area contributed by atoms with Crippen LogP contribution < -0.4 is 5.32 Å². The van der Waals surface area contributed by atoms with Crippen LogP contribution in [0, 0.1) is 11.6 Å². The number of hydrogen-bond acceptors (Lipinski definition) is 2. The molecule has 1 aromatic heterocycles. The Kier molecular flexibility index (Phi) is 4.93. The van der Waals surface area contributed by atoms with Gasteiger partial charge in [-0.3, -0.25) is 9.89 Å². The quantitative estimate of drug-likeness (QED) is 0.662. The second-order valence-electron chi connectivity index (χ2n) is 5.62. The molecule has 0 aliphatic carbocycles. The molecule has 4 nitrogen and oxygen atoms in total. The van der Waals surface area contributed by atoms with Crippen LogP contribution >= 0.6 is 0 Å². The van der Waals surface area contributed by atoms with Crippen molar-refractivity contribution in [1.29, 1.82) is 0 Å². The van der Waals surface area contributed by atoms with Crippen LogP contribution in [0.25, 0.3) is 11.1 Å². The van der Waals surface area contributed by atoms with Crippen molar-refractivity contribution >= 4 is 5.91 Å². The van der Waals surface area contributed by atoms with Gasteiger partial charge in [0.2, 0.25) is 0 Å². The lowest BCUT2D eigenvalue weighted by Crippen LogP contribution is -2.25. The third kappa shape index (κ3) is 3.97. The molecule has 140 valence electrons. The second kappa shape index (κ2) is 7.18. The topological polar surface area (TPSA) is 57.8 Å². The van der Waals surface area contributed by atoms with Gasteiger partial charge >= 0.3 is 6.18 Å². The number of nitrogens with zero attached hydrogens (tertiary/aromatic N) is 1. The molecule has 27 heavy (non-hydrogen) atoms. The van der Waals surface area contributed by atoms with Crippen LogP contribution in [-0.4, -0.2) is 16.1 Å². The predicted octanol–water partition coefficient (Wildman–Crippen LogP) is 4.30. The number of aromatic nitrogens is 2. The molecule has 0 bridgehead atoms. The minimum Gasteiger partial charge on any atom is -0.348 e. The van der Waals surface area contributed by atoms with Crippen LogP contribution in [0.4, 0.5) is 22.0 Å². The van der Waals surface area contributed by atoms with E-state index < -0.39 is 35.0 Å². The fourth-order valence-corrected chi connectivity index (χ4v) is 2.59. The first kappa shape index (κ1) is 18.6. The Morgan fingerprint density at radius 1 is 1.07 bits per heavy atom. The highest BCUT2D eigenvalue weighted by Crippen LogP contribution is 2.30. The number of rotatable bonds is 4. The van der Waals surface area contributed by atoms with E-state index in [1.807, 2.05) is 0 Å². The number of carbonyl (C=O) groups excluding carboxylic acids is 1. The van der Waals surface area contributed by atoms with Crippen molar-refractivity contribution in [2.24, 2.45) is 0 Å². The van der Waals surface area contributed by atoms with E-state index in [1.165, 1.54) is 6.07 Å². The first-order valence-corrected chi connectivity index (χ1v) is 7.69. The highest BCUT2D eigenvalue weighted by Gasteiger charge is 2.37. The van der Waals surface area contributed by atoms with Crippen molar-refractivity contribution in [3.05, 3.63) is 77.1 Å². The minimum atomic E-state index is -4.76. The lowest BCUT2D eigenvalue weighted by molar-refractivity contribution is -0.141. The Bertz CT molecular complexity index is 981. The molecule has 0 radical (unpaired) electrons. The number of H-pyrrole nitrogens is 1. The molecule has 1 amide bonds. The van der Waals surface area contributed by atoms with Gasteiger partial charge < -0.3 is 5.32 Å². The van der Waals surface area contributed by atoms with E-state index in [0.29, 0.717) is 11.1 Å². The molecule has 0 spiro atoms. The van der Waals surface area contributed by atoms with Crippen LogP contribution in [0.3, 0.4) is 0 Å². The maximum atomic E-state index is 14.1. The molecule has 3 aromatic rings. The normalized spacial score (nSPS) is 11.4. The third-order valence-electron chi connectivity index (χ3n) is 3.84. The summed E-state index contributed by atoms with van der Waals surface area (Å²) in [5.74, 6) is -2.30. The van der Waals surface area contributed by atoms with Crippen LogP contribution in [0.5, 0.6) is 0 Å². The zero-order chi connectivity index (χ0) is 19.6. The molecule has 2 aromatic carbocycles. The third-order valence-corrected chi connectivity index (χ3v) is 3.84. The van der Waals surface area contributed by atoms with Gasteiger partial charge in [0.15, 0.2) is 5.69 Å². The SMILES string of the molecule is O=C(NCc1ccccc1-c1cc(F)ccc1F)c1cn[nH]c1C(F)(F)F. The Morgan fingerprint density at radius 2 is 1.81 bits per heavy atom. The number of hydrogen-bond donors (Lipinski definition) is 2. The molecule has 0 saturated heterocycles. The standard InChI is InChI=1S/C18H12F5N3O/c19-11-5-6-15(20)13(7-11)12-4-2-1-3-10(12)8-24-17(27)14-9-25-26-16(14)18(21,22)23/h1-7,9H,8H2,(H,24,27)(H,25,26). The Hall–Kier alpha value is -3.23. The number of amides is 1. The first-order valence-electron chi connectivity index (χ1n) is 7.69. The highest BCUT2D eigenvalue weighted by atomic mass is 19.4. The van der Waals surface area contributed by atoms with Crippen molar-refractivity contribution in [2.75, 3.05) is 0 Å². The zero-order valence-electron chi connectivity index (χ0n) is 13.6. The van der Waals surface area contributed by atoms with Crippen LogP contribution in [0.1, 0.15) is 21.6 Å². The van der Waals surface area contributed by atoms with E-state index in [0.717, 1.165) is 24.4 Å². The molecule has 2 N–H and O–H groups in total. The van der Waals surface area contributed by atoms with Gasteiger partial charge in [-0.2, -0.15) is 18.3 Å². The van der Waals surface area contributed by atoms with Gasteiger partial charge in [0.25, 0.3) is 5.91 Å². The summed E-state index contributed by atoms with van der Waals surface area (Å²) in [7, 11) is 0. The fourth-order valence-electron chi connectivity index (χ4n) is 2.59. The van der Waals surface area contributed by atoms with Crippen LogP contribution in [-0.2, 0) is 12.7 Å². The van der Waals surface area contributed by atoms with E-state index in [2.05, 4.69) is 10.4 Å². The van der Waals surface area contributed by atoms with Crippen molar-refractivity contribution in [3.63, 3.8) is 0 Å². The molecule has 9 heteroatoms. The number of halogens is 5. The molecule has 0 saturated carbocycles. The Labute approximate surface area is 150 Å². The maximum Gasteiger partial charge on any atom is 0.433 e. The highest BCUT2D eigenvalue weighted by molar-refractivity contribution is 5.95. The minimum absolute atomic E-state index is 0.0147. The summed E-state index contributed by atoms with van der Waals surface area (Å²) in [5.41, 5.74) is -1.20. The van der Waals surface area contributed by atoms with Gasteiger partial charge in [-0.1, -0.05) is 24.3 Å². The second-order valence-corrected chi connectivity index (χ2v) is 5.62. The van der Waals surface area contributed by atoms with Gasteiger partial charge in [0.05, 0.1) is 11.8 Å². The summed E-state index contributed by atoms with van der Waals surface area (Å²) in [6, 6.07) is 9.25. The van der Waals surface area contributed by atoms with E-state index >= 15 is 0 Å². The summed E-state index contributed by atoms with van der Waals surface area (Å²) in [6.07, 6.45) is -3.98. The summed E-state index contributed by atoms with van der Waals surface area (Å²) >= 11 is 0. The fraction of sp³-hybridized carbons (Fsp3) is 0.111. The summed E-state index contributed by atoms with van der Waals surface area (Å²) in [5, 5.41) is 7.35. The van der Waals surface area contributed by atoms with E-state index in [9.17, 15) is 26.7 Å². The van der Waals surface area contributed by atoms with E-state index in [4.69, 9.17) is 0 Å². The number of carbonyl (C=O) groups is 1. The van der Waals surface area contributed by atoms with E-state index in [-0.39, 0.29) is 12.1 Å². The van der Waals surface area contributed by atoms with Crippen molar-refractivity contribution in [1.82, 2.24) is 15.5 Å². The first-order chi connectivity index (χ1) is 12.8. The summed E-state index contributed by atoms with van der Waals surface area (Å²) in [6.45, 7) is -0.187. The molecule has 1 heterocycles. The zero-order valence-corrected chi connectivity index (χ0v) is 13.6. The number of alkyl halides is 3. The smallest absolute Gasteiger partial charge is 0.348 e. The summed E-state index contributed by atoms with van der Waals surface area (Å²) < 4.78 is 66.1. The average molecular weight is 381 g/mol. The Balaban J connectivity index is 1.85. The van der Waals surface area contributed by atoms with Crippen molar-refractivity contribution in [2.45, 2.75) is 12.7 Å². The number of aromatic amines is 1.